The molecule has 0 aromatic heterocycles. The van der Waals surface area contributed by atoms with Crippen LogP contribution in [0.1, 0.15) is 32.8 Å². The molecular formula is C18H30O4SSi. The lowest BCUT2D eigenvalue weighted by molar-refractivity contribution is 0.120. The third-order valence-electron chi connectivity index (χ3n) is 4.42. The molecule has 136 valence electrons. The molecule has 0 aliphatic rings. The third-order valence-corrected chi connectivity index (χ3v) is 10.2. The average Bonchev–Trinajstić information content (AvgIpc) is 2.44. The first-order valence-electron chi connectivity index (χ1n) is 8.14. The van der Waals surface area contributed by atoms with Gasteiger partial charge in [-0.15, -0.1) is 6.58 Å². The maximum atomic E-state index is 12.3. The monoisotopic (exact) mass is 370 g/mol. The molecule has 0 bridgehead atoms. The zero-order valence-corrected chi connectivity index (χ0v) is 17.4. The standard InChI is InChI=1S/C18H30O4SSi/c1-8-9-16(22-24(6,7)18(3,4)5)14-21-23(19,20)17-12-10-15(2)11-13-17/h8,10-13,16H,1,9,14H2,2-7H3/t16-/m0/s1. The van der Waals surface area contributed by atoms with Crippen LogP contribution in [0.25, 0.3) is 0 Å². The molecule has 0 radical (unpaired) electrons. The van der Waals surface area contributed by atoms with Crippen molar-refractivity contribution < 1.29 is 17.0 Å². The zero-order chi connectivity index (χ0) is 18.6. The maximum Gasteiger partial charge on any atom is 0.297 e. The summed E-state index contributed by atoms with van der Waals surface area (Å²) in [4.78, 5) is 0.165. The Labute approximate surface area is 148 Å². The molecule has 0 amide bonds. The fraction of sp³-hybridized carbons (Fsp3) is 0.556. The molecule has 24 heavy (non-hydrogen) atoms. The quantitative estimate of drug-likeness (QED) is 0.379. The van der Waals surface area contributed by atoms with E-state index in [0.29, 0.717) is 6.42 Å². The van der Waals surface area contributed by atoms with Crippen LogP contribution in [0.15, 0.2) is 41.8 Å². The highest BCUT2D eigenvalue weighted by molar-refractivity contribution is 7.86. The Morgan fingerprint density at radius 2 is 1.75 bits per heavy atom. The van der Waals surface area contributed by atoms with Gasteiger partial charge in [-0.1, -0.05) is 44.5 Å². The normalized spacial score (nSPS) is 14.4. The fourth-order valence-electron chi connectivity index (χ4n) is 1.87. The second-order valence-electron chi connectivity index (χ2n) is 7.58. The van der Waals surface area contributed by atoms with Gasteiger partial charge in [-0.05, 0) is 43.6 Å². The van der Waals surface area contributed by atoms with E-state index in [9.17, 15) is 8.42 Å². The van der Waals surface area contributed by atoms with Crippen LogP contribution in [0, 0.1) is 6.92 Å². The number of aryl methyl sites for hydroxylation is 1. The van der Waals surface area contributed by atoms with E-state index in [1.807, 2.05) is 6.92 Å². The Hall–Kier alpha value is -0.953. The number of benzene rings is 1. The Morgan fingerprint density at radius 1 is 1.21 bits per heavy atom. The van der Waals surface area contributed by atoms with E-state index in [4.69, 9.17) is 8.61 Å². The van der Waals surface area contributed by atoms with Gasteiger partial charge in [-0.3, -0.25) is 4.18 Å². The Balaban J connectivity index is 2.82. The summed E-state index contributed by atoms with van der Waals surface area (Å²) in [6.45, 7) is 16.4. The van der Waals surface area contributed by atoms with Crippen molar-refractivity contribution in [3.05, 3.63) is 42.5 Å². The van der Waals surface area contributed by atoms with Crippen molar-refractivity contribution in [2.45, 2.75) is 63.2 Å². The van der Waals surface area contributed by atoms with Crippen LogP contribution >= 0.6 is 0 Å². The summed E-state index contributed by atoms with van der Waals surface area (Å²) in [7, 11) is -5.79. The Morgan fingerprint density at radius 3 is 2.21 bits per heavy atom. The summed E-state index contributed by atoms with van der Waals surface area (Å²) < 4.78 is 36.2. The van der Waals surface area contributed by atoms with Crippen molar-refractivity contribution in [1.82, 2.24) is 0 Å². The highest BCUT2D eigenvalue weighted by atomic mass is 32.2. The molecule has 0 spiro atoms. The van der Waals surface area contributed by atoms with Gasteiger partial charge in [0.1, 0.15) is 0 Å². The first-order chi connectivity index (χ1) is 10.9. The molecule has 1 aromatic rings. The van der Waals surface area contributed by atoms with Gasteiger partial charge in [0.05, 0.1) is 17.6 Å². The van der Waals surface area contributed by atoms with Crippen LogP contribution in [0.5, 0.6) is 0 Å². The molecule has 1 atom stereocenters. The van der Waals surface area contributed by atoms with Crippen molar-refractivity contribution >= 4 is 18.4 Å². The molecular weight excluding hydrogens is 340 g/mol. The van der Waals surface area contributed by atoms with Gasteiger partial charge in [-0.25, -0.2) is 0 Å². The average molecular weight is 371 g/mol. The smallest absolute Gasteiger partial charge is 0.297 e. The van der Waals surface area contributed by atoms with Crippen LogP contribution in [0.2, 0.25) is 18.1 Å². The summed E-state index contributed by atoms with van der Waals surface area (Å²) in [5, 5.41) is 0.0439. The zero-order valence-electron chi connectivity index (χ0n) is 15.6. The fourth-order valence-corrected chi connectivity index (χ4v) is 4.16. The minimum absolute atomic E-state index is 0.00522. The van der Waals surface area contributed by atoms with Crippen LogP contribution in [0.4, 0.5) is 0 Å². The van der Waals surface area contributed by atoms with Crippen LogP contribution in [-0.4, -0.2) is 29.4 Å². The van der Waals surface area contributed by atoms with Crippen molar-refractivity contribution in [2.75, 3.05) is 6.61 Å². The molecule has 0 unspecified atom stereocenters. The summed E-state index contributed by atoms with van der Waals surface area (Å²) in [6.07, 6.45) is 1.97. The Bertz CT molecular complexity index is 643. The van der Waals surface area contributed by atoms with Crippen LogP contribution < -0.4 is 0 Å². The van der Waals surface area contributed by atoms with Crippen molar-refractivity contribution in [2.24, 2.45) is 0 Å². The lowest BCUT2D eigenvalue weighted by atomic mass is 10.2. The van der Waals surface area contributed by atoms with E-state index in [-0.39, 0.29) is 22.6 Å². The lowest BCUT2D eigenvalue weighted by Crippen LogP contribution is -2.45. The Kier molecular flexibility index (Phi) is 6.99. The van der Waals surface area contributed by atoms with Crippen molar-refractivity contribution in [1.29, 1.82) is 0 Å². The number of hydrogen-bond acceptors (Lipinski definition) is 4. The largest absolute Gasteiger partial charge is 0.411 e. The molecule has 0 heterocycles. The molecule has 1 rings (SSSR count). The van der Waals surface area contributed by atoms with Gasteiger partial charge < -0.3 is 4.43 Å². The maximum absolute atomic E-state index is 12.3. The first kappa shape index (κ1) is 21.1. The molecule has 0 N–H and O–H groups in total. The SMILES string of the molecule is C=CC[C@@H](COS(=O)(=O)c1ccc(C)cc1)O[Si](C)(C)C(C)(C)C. The van der Waals surface area contributed by atoms with Gasteiger partial charge in [0, 0.05) is 0 Å². The highest BCUT2D eigenvalue weighted by Crippen LogP contribution is 2.37. The van der Waals surface area contributed by atoms with Gasteiger partial charge in [0.15, 0.2) is 8.32 Å². The molecule has 0 saturated carbocycles. The van der Waals surface area contributed by atoms with Gasteiger partial charge in [0.25, 0.3) is 10.1 Å². The van der Waals surface area contributed by atoms with E-state index < -0.39 is 18.4 Å². The summed E-state index contributed by atoms with van der Waals surface area (Å²) in [5.41, 5.74) is 1.000. The molecule has 0 aliphatic carbocycles. The number of rotatable bonds is 8. The third kappa shape index (κ3) is 5.84. The van der Waals surface area contributed by atoms with E-state index in [1.165, 1.54) is 0 Å². The molecule has 0 aliphatic heterocycles. The second kappa shape index (κ2) is 7.95. The van der Waals surface area contributed by atoms with Gasteiger partial charge in [-0.2, -0.15) is 8.42 Å². The number of hydrogen-bond donors (Lipinski definition) is 0. The first-order valence-corrected chi connectivity index (χ1v) is 12.5. The van der Waals surface area contributed by atoms with Crippen LogP contribution in [0.3, 0.4) is 0 Å². The molecule has 6 heteroatoms. The minimum Gasteiger partial charge on any atom is -0.411 e. The van der Waals surface area contributed by atoms with E-state index >= 15 is 0 Å². The van der Waals surface area contributed by atoms with E-state index in [0.717, 1.165) is 5.56 Å². The predicted octanol–water partition coefficient (Wildman–Crippen LogP) is 4.67. The predicted molar refractivity (Wildman–Crippen MR) is 101 cm³/mol. The van der Waals surface area contributed by atoms with Gasteiger partial charge >= 0.3 is 0 Å². The van der Waals surface area contributed by atoms with Gasteiger partial charge in [0.2, 0.25) is 0 Å². The minimum atomic E-state index is -3.78. The molecule has 0 saturated heterocycles. The molecule has 4 nitrogen and oxygen atoms in total. The molecule has 1 aromatic carbocycles. The van der Waals surface area contributed by atoms with Crippen molar-refractivity contribution in [3.8, 4) is 0 Å². The van der Waals surface area contributed by atoms with Crippen LogP contribution in [-0.2, 0) is 18.7 Å². The van der Waals surface area contributed by atoms with E-state index in [2.05, 4.69) is 40.4 Å². The summed E-state index contributed by atoms with van der Waals surface area (Å²) in [6, 6.07) is 6.62. The second-order valence-corrected chi connectivity index (χ2v) is 13.9. The van der Waals surface area contributed by atoms with Crippen molar-refractivity contribution in [3.63, 3.8) is 0 Å². The molecule has 0 fully saturated rings. The topological polar surface area (TPSA) is 52.6 Å². The lowest BCUT2D eigenvalue weighted by Gasteiger charge is -2.39. The van der Waals surface area contributed by atoms with E-state index in [1.54, 1.807) is 30.3 Å². The summed E-state index contributed by atoms with van der Waals surface area (Å²) in [5.74, 6) is 0. The highest BCUT2D eigenvalue weighted by Gasteiger charge is 2.39. The summed E-state index contributed by atoms with van der Waals surface area (Å²) >= 11 is 0.